The maximum atomic E-state index is 13.6. The van der Waals surface area contributed by atoms with Crippen molar-refractivity contribution < 1.29 is 22.4 Å². The fourth-order valence-corrected chi connectivity index (χ4v) is 2.10. The fourth-order valence-electron chi connectivity index (χ4n) is 1.70. The summed E-state index contributed by atoms with van der Waals surface area (Å²) in [6.07, 6.45) is 0. The van der Waals surface area contributed by atoms with Crippen LogP contribution in [0.3, 0.4) is 0 Å². The highest BCUT2D eigenvalue weighted by Crippen LogP contribution is 2.19. The third-order valence-corrected chi connectivity index (χ3v) is 3.14. The zero-order chi connectivity index (χ0) is 15.6. The molecule has 110 valence electrons. The van der Waals surface area contributed by atoms with Crippen LogP contribution in [0, 0.1) is 23.3 Å². The van der Waals surface area contributed by atoms with Crippen LogP contribution in [0.5, 0.6) is 0 Å². The van der Waals surface area contributed by atoms with Crippen LogP contribution in [0.4, 0.5) is 17.6 Å². The molecule has 2 aromatic carbocycles. The average molecular weight is 362 g/mol. The number of amides is 1. The van der Waals surface area contributed by atoms with Gasteiger partial charge in [-0.1, -0.05) is 15.9 Å². The van der Waals surface area contributed by atoms with Crippen LogP contribution < -0.4 is 5.32 Å². The minimum atomic E-state index is -1.06. The van der Waals surface area contributed by atoms with Gasteiger partial charge in [0.1, 0.15) is 28.8 Å². The molecule has 0 aliphatic carbocycles. The van der Waals surface area contributed by atoms with Crippen molar-refractivity contribution >= 4 is 21.8 Å². The first kappa shape index (κ1) is 15.5. The maximum absolute atomic E-state index is 13.6. The Morgan fingerprint density at radius 3 is 2.24 bits per heavy atom. The summed E-state index contributed by atoms with van der Waals surface area (Å²) in [5.41, 5.74) is -0.906. The Labute approximate surface area is 125 Å². The van der Waals surface area contributed by atoms with Crippen LogP contribution in [0.1, 0.15) is 15.9 Å². The Balaban J connectivity index is 2.18. The van der Waals surface area contributed by atoms with E-state index in [-0.39, 0.29) is 10.0 Å². The summed E-state index contributed by atoms with van der Waals surface area (Å²) in [6, 6.07) is 4.58. The van der Waals surface area contributed by atoms with E-state index in [1.54, 1.807) is 0 Å². The number of halogens is 5. The highest BCUT2D eigenvalue weighted by atomic mass is 79.9. The highest BCUT2D eigenvalue weighted by Gasteiger charge is 2.18. The van der Waals surface area contributed by atoms with Gasteiger partial charge in [-0.05, 0) is 30.3 Å². The molecule has 0 aliphatic rings. The van der Waals surface area contributed by atoms with Crippen LogP contribution in [0.15, 0.2) is 34.8 Å². The van der Waals surface area contributed by atoms with Gasteiger partial charge in [-0.25, -0.2) is 17.6 Å². The second kappa shape index (κ2) is 6.26. The lowest BCUT2D eigenvalue weighted by Gasteiger charge is -2.08. The first-order valence-corrected chi connectivity index (χ1v) is 6.54. The van der Waals surface area contributed by atoms with E-state index in [1.165, 1.54) is 0 Å². The number of carbonyl (C=O) groups excluding carboxylic acids is 1. The van der Waals surface area contributed by atoms with E-state index < -0.39 is 41.3 Å². The van der Waals surface area contributed by atoms with Gasteiger partial charge in [-0.2, -0.15) is 0 Å². The SMILES string of the molecule is O=C(NCc1cc(F)ccc1F)c1c(F)cc(Br)cc1F. The van der Waals surface area contributed by atoms with Crippen molar-refractivity contribution in [2.75, 3.05) is 0 Å². The topological polar surface area (TPSA) is 29.1 Å². The van der Waals surface area contributed by atoms with E-state index >= 15 is 0 Å². The Morgan fingerprint density at radius 1 is 1.00 bits per heavy atom. The standard InChI is InChI=1S/C14H8BrF4NO/c15-8-4-11(18)13(12(19)5-8)14(21)20-6-7-3-9(16)1-2-10(7)17/h1-5H,6H2,(H,20,21). The summed E-state index contributed by atoms with van der Waals surface area (Å²) in [6.45, 7) is -0.391. The normalized spacial score (nSPS) is 10.5. The number of carbonyl (C=O) groups is 1. The zero-order valence-electron chi connectivity index (χ0n) is 10.4. The predicted molar refractivity (Wildman–Crippen MR) is 71.6 cm³/mol. The molecule has 0 fully saturated rings. The molecule has 0 radical (unpaired) electrons. The summed E-state index contributed by atoms with van der Waals surface area (Å²) in [5, 5.41) is 2.14. The van der Waals surface area contributed by atoms with Gasteiger partial charge in [0, 0.05) is 16.6 Å². The van der Waals surface area contributed by atoms with Gasteiger partial charge in [0.2, 0.25) is 0 Å². The van der Waals surface area contributed by atoms with Gasteiger partial charge in [0.05, 0.1) is 0 Å². The lowest BCUT2D eigenvalue weighted by molar-refractivity contribution is 0.0942. The number of nitrogens with one attached hydrogen (secondary N) is 1. The van der Waals surface area contributed by atoms with Crippen molar-refractivity contribution in [3.8, 4) is 0 Å². The minimum Gasteiger partial charge on any atom is -0.348 e. The molecule has 0 heterocycles. The highest BCUT2D eigenvalue weighted by molar-refractivity contribution is 9.10. The van der Waals surface area contributed by atoms with Crippen LogP contribution in [-0.4, -0.2) is 5.91 Å². The number of hydrogen-bond acceptors (Lipinski definition) is 1. The summed E-state index contributed by atoms with van der Waals surface area (Å²) in [4.78, 5) is 11.7. The quantitative estimate of drug-likeness (QED) is 0.824. The van der Waals surface area contributed by atoms with E-state index in [9.17, 15) is 22.4 Å². The molecule has 0 saturated heterocycles. The van der Waals surface area contributed by atoms with Crippen molar-refractivity contribution in [1.29, 1.82) is 0 Å². The Hall–Kier alpha value is -1.89. The molecule has 0 unspecified atom stereocenters. The molecule has 0 aliphatic heterocycles. The van der Waals surface area contributed by atoms with Crippen molar-refractivity contribution in [2.45, 2.75) is 6.54 Å². The third kappa shape index (κ3) is 3.60. The fraction of sp³-hybridized carbons (Fsp3) is 0.0714. The Morgan fingerprint density at radius 2 is 1.62 bits per heavy atom. The third-order valence-electron chi connectivity index (χ3n) is 2.68. The summed E-state index contributed by atoms with van der Waals surface area (Å²) >= 11 is 2.89. The second-order valence-electron chi connectivity index (χ2n) is 4.16. The minimum absolute atomic E-state index is 0.124. The van der Waals surface area contributed by atoms with E-state index in [2.05, 4.69) is 21.2 Å². The molecule has 2 nitrogen and oxygen atoms in total. The smallest absolute Gasteiger partial charge is 0.257 e. The molecule has 7 heteroatoms. The van der Waals surface area contributed by atoms with Crippen molar-refractivity contribution in [1.82, 2.24) is 5.32 Å². The van der Waals surface area contributed by atoms with E-state index in [1.807, 2.05) is 0 Å². The maximum Gasteiger partial charge on any atom is 0.257 e. The van der Waals surface area contributed by atoms with Crippen LogP contribution in [0.25, 0.3) is 0 Å². The average Bonchev–Trinajstić information content (AvgIpc) is 2.38. The van der Waals surface area contributed by atoms with E-state index in [0.29, 0.717) is 0 Å². The van der Waals surface area contributed by atoms with Gasteiger partial charge in [-0.3, -0.25) is 4.79 Å². The summed E-state index contributed by atoms with van der Waals surface area (Å²) < 4.78 is 53.6. The number of hydrogen-bond donors (Lipinski definition) is 1. The first-order valence-electron chi connectivity index (χ1n) is 5.75. The summed E-state index contributed by atoms with van der Waals surface area (Å²) in [5.74, 6) is -4.57. The molecular weight excluding hydrogens is 354 g/mol. The molecule has 2 rings (SSSR count). The summed E-state index contributed by atoms with van der Waals surface area (Å²) in [7, 11) is 0. The van der Waals surface area contributed by atoms with Crippen LogP contribution in [-0.2, 0) is 6.54 Å². The zero-order valence-corrected chi connectivity index (χ0v) is 12.0. The van der Waals surface area contributed by atoms with Gasteiger partial charge in [0.25, 0.3) is 5.91 Å². The molecule has 1 amide bonds. The monoisotopic (exact) mass is 361 g/mol. The molecule has 21 heavy (non-hydrogen) atoms. The lowest BCUT2D eigenvalue weighted by Crippen LogP contribution is -2.25. The van der Waals surface area contributed by atoms with Gasteiger partial charge < -0.3 is 5.32 Å². The number of benzene rings is 2. The van der Waals surface area contributed by atoms with E-state index in [0.717, 1.165) is 30.3 Å². The lowest BCUT2D eigenvalue weighted by atomic mass is 10.1. The molecule has 1 N–H and O–H groups in total. The van der Waals surface area contributed by atoms with Crippen molar-refractivity contribution in [3.63, 3.8) is 0 Å². The Bertz CT molecular complexity index is 682. The Kier molecular flexibility index (Phi) is 4.62. The van der Waals surface area contributed by atoms with Crippen LogP contribution >= 0.6 is 15.9 Å². The van der Waals surface area contributed by atoms with Crippen molar-refractivity contribution in [2.24, 2.45) is 0 Å². The molecular formula is C14H8BrF4NO. The second-order valence-corrected chi connectivity index (χ2v) is 5.08. The van der Waals surface area contributed by atoms with Gasteiger partial charge >= 0.3 is 0 Å². The largest absolute Gasteiger partial charge is 0.348 e. The molecule has 0 saturated carbocycles. The molecule has 0 spiro atoms. The molecule has 0 aromatic heterocycles. The van der Waals surface area contributed by atoms with Gasteiger partial charge in [-0.15, -0.1) is 0 Å². The van der Waals surface area contributed by atoms with Crippen molar-refractivity contribution in [3.05, 3.63) is 69.2 Å². The molecule has 0 atom stereocenters. The molecule has 2 aromatic rings. The first-order chi connectivity index (χ1) is 9.88. The predicted octanol–water partition coefficient (Wildman–Crippen LogP) is 3.94. The van der Waals surface area contributed by atoms with E-state index in [4.69, 9.17) is 0 Å². The van der Waals surface area contributed by atoms with Gasteiger partial charge in [0.15, 0.2) is 0 Å². The molecule has 0 bridgehead atoms. The van der Waals surface area contributed by atoms with Crippen LogP contribution in [0.2, 0.25) is 0 Å². The number of rotatable bonds is 3.